The van der Waals surface area contributed by atoms with E-state index in [0.717, 1.165) is 22.4 Å². The molecule has 0 heterocycles. The summed E-state index contributed by atoms with van der Waals surface area (Å²) in [6.45, 7) is 2.51. The fraction of sp³-hybridized carbons (Fsp3) is 0.174. The van der Waals surface area contributed by atoms with Crippen LogP contribution in [0.2, 0.25) is 0 Å². The third kappa shape index (κ3) is 5.49. The molecule has 3 aromatic rings. The molecule has 148 valence electrons. The van der Waals surface area contributed by atoms with E-state index in [-0.39, 0.29) is 11.6 Å². The van der Waals surface area contributed by atoms with Crippen LogP contribution >= 0.6 is 0 Å². The second-order valence-electron chi connectivity index (χ2n) is 6.78. The summed E-state index contributed by atoms with van der Waals surface area (Å²) in [6.07, 6.45) is 0.652. The van der Waals surface area contributed by atoms with Crippen LogP contribution in [0.3, 0.4) is 0 Å². The quantitative estimate of drug-likeness (QED) is 0.441. The summed E-state index contributed by atoms with van der Waals surface area (Å²) in [6, 6.07) is 23.2. The zero-order chi connectivity index (χ0) is 20.6. The third-order valence-corrected chi connectivity index (χ3v) is 4.71. The van der Waals surface area contributed by atoms with Crippen LogP contribution in [0.25, 0.3) is 0 Å². The highest BCUT2D eigenvalue weighted by Crippen LogP contribution is 2.19. The number of aryl methyl sites for hydroxylation is 1. The first-order valence-electron chi connectivity index (χ1n) is 9.43. The van der Waals surface area contributed by atoms with Gasteiger partial charge in [0.15, 0.2) is 0 Å². The van der Waals surface area contributed by atoms with Gasteiger partial charge in [-0.15, -0.1) is 0 Å². The first kappa shape index (κ1) is 20.2. The number of non-ortho nitro benzene ring substituents is 1. The van der Waals surface area contributed by atoms with Gasteiger partial charge in [-0.1, -0.05) is 60.7 Å². The van der Waals surface area contributed by atoms with Crippen molar-refractivity contribution in [3.63, 3.8) is 0 Å². The van der Waals surface area contributed by atoms with E-state index in [9.17, 15) is 14.9 Å². The maximum absolute atomic E-state index is 13.0. The number of benzene rings is 3. The molecule has 0 aliphatic carbocycles. The number of para-hydroxylation sites is 1. The Kier molecular flexibility index (Phi) is 6.71. The normalized spacial score (nSPS) is 11.6. The monoisotopic (exact) mass is 389 g/mol. The highest BCUT2D eigenvalue weighted by atomic mass is 16.6. The van der Waals surface area contributed by atoms with E-state index in [4.69, 9.17) is 0 Å². The number of nitrogens with one attached hydrogen (secondary N) is 2. The molecule has 0 unspecified atom stereocenters. The Morgan fingerprint density at radius 2 is 1.62 bits per heavy atom. The van der Waals surface area contributed by atoms with Crippen molar-refractivity contribution in [2.24, 2.45) is 0 Å². The van der Waals surface area contributed by atoms with Crippen LogP contribution < -0.4 is 10.6 Å². The van der Waals surface area contributed by atoms with E-state index in [1.165, 1.54) is 12.1 Å². The Bertz CT molecular complexity index is 972. The van der Waals surface area contributed by atoms with Gasteiger partial charge in [-0.25, -0.2) is 0 Å². The lowest BCUT2D eigenvalue weighted by atomic mass is 10.0. The molecule has 6 nitrogen and oxygen atoms in total. The predicted molar refractivity (Wildman–Crippen MR) is 114 cm³/mol. The number of amides is 1. The Hall–Kier alpha value is -3.51. The van der Waals surface area contributed by atoms with Crippen molar-refractivity contribution < 1.29 is 9.72 Å². The topological polar surface area (TPSA) is 84.3 Å². The van der Waals surface area contributed by atoms with Crippen molar-refractivity contribution in [2.45, 2.75) is 19.4 Å². The summed E-state index contributed by atoms with van der Waals surface area (Å²) in [4.78, 5) is 23.3. The minimum absolute atomic E-state index is 0.0708. The number of rotatable bonds is 8. The van der Waals surface area contributed by atoms with E-state index >= 15 is 0 Å². The maximum atomic E-state index is 13.0. The molecule has 1 atom stereocenters. The average molecular weight is 389 g/mol. The highest BCUT2D eigenvalue weighted by molar-refractivity contribution is 5.96. The average Bonchev–Trinajstić information content (AvgIpc) is 2.74. The molecule has 0 aliphatic rings. The second-order valence-corrected chi connectivity index (χ2v) is 6.78. The molecule has 6 heteroatoms. The van der Waals surface area contributed by atoms with Crippen molar-refractivity contribution in [3.05, 3.63) is 106 Å². The van der Waals surface area contributed by atoms with Crippen LogP contribution in [0, 0.1) is 17.0 Å². The van der Waals surface area contributed by atoms with Gasteiger partial charge in [-0.2, -0.15) is 0 Å². The number of hydrogen-bond acceptors (Lipinski definition) is 4. The maximum Gasteiger partial charge on any atom is 0.269 e. The SMILES string of the molecule is Cc1ccccc1NC(=O)[C@H](NCCc1ccc([N+](=O)[O-])cc1)c1ccccc1. The van der Waals surface area contributed by atoms with E-state index in [2.05, 4.69) is 10.6 Å². The predicted octanol–water partition coefficient (Wildman–Crippen LogP) is 4.42. The summed E-state index contributed by atoms with van der Waals surface area (Å²) in [5, 5.41) is 17.1. The van der Waals surface area contributed by atoms with Gasteiger partial charge in [0.2, 0.25) is 5.91 Å². The van der Waals surface area contributed by atoms with E-state index < -0.39 is 11.0 Å². The molecule has 0 spiro atoms. The molecule has 0 fully saturated rings. The molecule has 2 N–H and O–H groups in total. The summed E-state index contributed by atoms with van der Waals surface area (Å²) in [5.41, 5.74) is 3.70. The van der Waals surface area contributed by atoms with Gasteiger partial charge < -0.3 is 10.6 Å². The van der Waals surface area contributed by atoms with Crippen molar-refractivity contribution in [2.75, 3.05) is 11.9 Å². The number of nitro groups is 1. The van der Waals surface area contributed by atoms with Gasteiger partial charge in [-0.3, -0.25) is 14.9 Å². The number of nitrogens with zero attached hydrogens (tertiary/aromatic N) is 1. The van der Waals surface area contributed by atoms with Gasteiger partial charge in [-0.05, 0) is 36.1 Å². The van der Waals surface area contributed by atoms with Gasteiger partial charge in [0.25, 0.3) is 5.69 Å². The van der Waals surface area contributed by atoms with Crippen LogP contribution in [-0.2, 0) is 11.2 Å². The van der Waals surface area contributed by atoms with E-state index in [1.807, 2.05) is 61.5 Å². The van der Waals surface area contributed by atoms with Crippen LogP contribution in [0.5, 0.6) is 0 Å². The standard InChI is InChI=1S/C23H23N3O3/c1-17-7-5-6-10-21(17)25-23(27)22(19-8-3-2-4-9-19)24-16-15-18-11-13-20(14-12-18)26(28)29/h2-14,22,24H,15-16H2,1H3,(H,25,27)/t22-/m1/s1. The van der Waals surface area contributed by atoms with E-state index in [1.54, 1.807) is 12.1 Å². The zero-order valence-electron chi connectivity index (χ0n) is 16.2. The first-order valence-corrected chi connectivity index (χ1v) is 9.43. The minimum atomic E-state index is -0.506. The third-order valence-electron chi connectivity index (χ3n) is 4.71. The van der Waals surface area contributed by atoms with Crippen molar-refractivity contribution in [1.82, 2.24) is 5.32 Å². The fourth-order valence-electron chi connectivity index (χ4n) is 3.07. The van der Waals surface area contributed by atoms with Gasteiger partial charge in [0, 0.05) is 24.4 Å². The molecule has 0 aliphatic heterocycles. The van der Waals surface area contributed by atoms with Crippen molar-refractivity contribution in [3.8, 4) is 0 Å². The zero-order valence-corrected chi connectivity index (χ0v) is 16.2. The first-order chi connectivity index (χ1) is 14.0. The minimum Gasteiger partial charge on any atom is -0.324 e. The molecule has 0 bridgehead atoms. The van der Waals surface area contributed by atoms with Gasteiger partial charge in [0.1, 0.15) is 6.04 Å². The number of hydrogen-bond donors (Lipinski definition) is 2. The van der Waals surface area contributed by atoms with Crippen molar-refractivity contribution in [1.29, 1.82) is 0 Å². The van der Waals surface area contributed by atoms with E-state index in [0.29, 0.717) is 13.0 Å². The largest absolute Gasteiger partial charge is 0.324 e. The summed E-state index contributed by atoms with van der Waals surface area (Å²) >= 11 is 0. The highest BCUT2D eigenvalue weighted by Gasteiger charge is 2.20. The summed E-state index contributed by atoms with van der Waals surface area (Å²) in [5.74, 6) is -0.130. The molecule has 0 saturated heterocycles. The molecule has 0 saturated carbocycles. The van der Waals surface area contributed by atoms with Crippen LogP contribution in [0.4, 0.5) is 11.4 Å². The molecule has 3 aromatic carbocycles. The lowest BCUT2D eigenvalue weighted by Crippen LogP contribution is -2.34. The van der Waals surface area contributed by atoms with Gasteiger partial charge in [0.05, 0.1) is 4.92 Å². The summed E-state index contributed by atoms with van der Waals surface area (Å²) in [7, 11) is 0. The lowest BCUT2D eigenvalue weighted by molar-refractivity contribution is -0.384. The Morgan fingerprint density at radius 3 is 2.28 bits per heavy atom. The van der Waals surface area contributed by atoms with Crippen LogP contribution in [-0.4, -0.2) is 17.4 Å². The second kappa shape index (κ2) is 9.61. The smallest absolute Gasteiger partial charge is 0.269 e. The van der Waals surface area contributed by atoms with Crippen molar-refractivity contribution >= 4 is 17.3 Å². The number of carbonyl (C=O) groups excluding carboxylic acids is 1. The molecule has 0 aromatic heterocycles. The molecule has 0 radical (unpaired) electrons. The lowest BCUT2D eigenvalue weighted by Gasteiger charge is -2.20. The van der Waals surface area contributed by atoms with Crippen LogP contribution in [0.15, 0.2) is 78.9 Å². The number of nitro benzene ring substituents is 1. The fourth-order valence-corrected chi connectivity index (χ4v) is 3.07. The van der Waals surface area contributed by atoms with Gasteiger partial charge >= 0.3 is 0 Å². The Morgan fingerprint density at radius 1 is 0.966 bits per heavy atom. The molecule has 3 rings (SSSR count). The van der Waals surface area contributed by atoms with Crippen LogP contribution in [0.1, 0.15) is 22.7 Å². The Balaban J connectivity index is 1.68. The molecular formula is C23H23N3O3. The molecular weight excluding hydrogens is 366 g/mol. The molecule has 1 amide bonds. The Labute approximate surface area is 169 Å². The number of carbonyl (C=O) groups is 1. The number of anilines is 1. The summed E-state index contributed by atoms with van der Waals surface area (Å²) < 4.78 is 0. The molecule has 29 heavy (non-hydrogen) atoms.